The molecule has 0 N–H and O–H groups in total. The molecule has 1 saturated heterocycles. The average molecular weight is 405 g/mol. The van der Waals surface area contributed by atoms with E-state index in [1.165, 1.54) is 16.9 Å². The van der Waals surface area contributed by atoms with Gasteiger partial charge in [-0.3, -0.25) is 4.79 Å². The Morgan fingerprint density at radius 3 is 2.54 bits per heavy atom. The fourth-order valence-electron chi connectivity index (χ4n) is 3.29. The van der Waals surface area contributed by atoms with Gasteiger partial charge >= 0.3 is 0 Å². The number of piperazine rings is 1. The van der Waals surface area contributed by atoms with Crippen molar-refractivity contribution in [2.75, 3.05) is 31.1 Å². The predicted octanol–water partition coefficient (Wildman–Crippen LogP) is 5.48. The predicted molar refractivity (Wildman–Crippen MR) is 111 cm³/mol. The lowest BCUT2D eigenvalue weighted by atomic mass is 10.2. The van der Waals surface area contributed by atoms with E-state index < -0.39 is 0 Å². The zero-order chi connectivity index (χ0) is 18.3. The van der Waals surface area contributed by atoms with Gasteiger partial charge in [0.1, 0.15) is 4.88 Å². The third kappa shape index (κ3) is 3.29. The lowest BCUT2D eigenvalue weighted by Gasteiger charge is -2.36. The van der Waals surface area contributed by atoms with Gasteiger partial charge in [-0.25, -0.2) is 0 Å². The molecule has 1 amide bonds. The molecule has 0 atom stereocenters. The van der Waals surface area contributed by atoms with Crippen LogP contribution in [0.15, 0.2) is 42.5 Å². The SMILES string of the molecule is Cc1ccc2c(Cl)c(C(=O)N3CCN(c4cccc(Cl)c4)CC3)sc2c1. The molecule has 1 aliphatic rings. The topological polar surface area (TPSA) is 23.6 Å². The number of halogens is 2. The highest BCUT2D eigenvalue weighted by Gasteiger charge is 2.26. The molecule has 2 heterocycles. The fourth-order valence-corrected chi connectivity index (χ4v) is 5.06. The summed E-state index contributed by atoms with van der Waals surface area (Å²) in [5, 5.41) is 2.27. The third-order valence-electron chi connectivity index (χ3n) is 4.72. The molecular weight excluding hydrogens is 387 g/mol. The molecule has 6 heteroatoms. The zero-order valence-corrected chi connectivity index (χ0v) is 16.7. The number of anilines is 1. The van der Waals surface area contributed by atoms with Crippen LogP contribution in [-0.4, -0.2) is 37.0 Å². The quantitative estimate of drug-likeness (QED) is 0.564. The number of benzene rings is 2. The molecule has 0 bridgehead atoms. The number of hydrogen-bond acceptors (Lipinski definition) is 3. The molecule has 3 aromatic rings. The Hall–Kier alpha value is -1.75. The lowest BCUT2D eigenvalue weighted by molar-refractivity contribution is 0.0752. The highest BCUT2D eigenvalue weighted by Crippen LogP contribution is 2.36. The molecule has 134 valence electrons. The Labute approximate surface area is 166 Å². The van der Waals surface area contributed by atoms with Gasteiger partial charge in [0, 0.05) is 47.0 Å². The summed E-state index contributed by atoms with van der Waals surface area (Å²) in [5.41, 5.74) is 2.27. The van der Waals surface area contributed by atoms with E-state index in [0.717, 1.165) is 33.9 Å². The van der Waals surface area contributed by atoms with Crippen LogP contribution in [-0.2, 0) is 0 Å². The molecule has 0 radical (unpaired) electrons. The van der Waals surface area contributed by atoms with Crippen LogP contribution in [0.4, 0.5) is 5.69 Å². The minimum absolute atomic E-state index is 0.0274. The Bertz CT molecular complexity index is 977. The average Bonchev–Trinajstić information content (AvgIpc) is 2.97. The van der Waals surface area contributed by atoms with E-state index in [2.05, 4.69) is 17.0 Å². The molecule has 26 heavy (non-hydrogen) atoms. The smallest absolute Gasteiger partial charge is 0.265 e. The van der Waals surface area contributed by atoms with Gasteiger partial charge in [-0.15, -0.1) is 11.3 Å². The van der Waals surface area contributed by atoms with Crippen LogP contribution >= 0.6 is 34.5 Å². The van der Waals surface area contributed by atoms with E-state index in [1.54, 1.807) is 0 Å². The normalized spacial score (nSPS) is 14.9. The summed E-state index contributed by atoms with van der Waals surface area (Å²) in [7, 11) is 0. The van der Waals surface area contributed by atoms with Crippen molar-refractivity contribution >= 4 is 56.2 Å². The summed E-state index contributed by atoms with van der Waals surface area (Å²) >= 11 is 14.1. The number of thiophene rings is 1. The van der Waals surface area contributed by atoms with Crippen LogP contribution in [0.5, 0.6) is 0 Å². The molecule has 4 rings (SSSR count). The van der Waals surface area contributed by atoms with Crippen LogP contribution < -0.4 is 4.90 Å². The largest absolute Gasteiger partial charge is 0.368 e. The standard InChI is InChI=1S/C20H18Cl2N2OS/c1-13-5-6-16-17(11-13)26-19(18(16)22)20(25)24-9-7-23(8-10-24)15-4-2-3-14(21)12-15/h2-6,11-12H,7-10H2,1H3. The molecule has 0 spiro atoms. The minimum Gasteiger partial charge on any atom is -0.368 e. The summed E-state index contributed by atoms with van der Waals surface area (Å²) in [6.07, 6.45) is 0. The number of hydrogen-bond donors (Lipinski definition) is 0. The number of carbonyl (C=O) groups excluding carboxylic acids is 1. The molecule has 1 aliphatic heterocycles. The highest BCUT2D eigenvalue weighted by molar-refractivity contribution is 7.21. The number of fused-ring (bicyclic) bond motifs is 1. The van der Waals surface area contributed by atoms with Gasteiger partial charge in [0.15, 0.2) is 0 Å². The van der Waals surface area contributed by atoms with Crippen molar-refractivity contribution in [3.05, 3.63) is 63.0 Å². The Morgan fingerprint density at radius 2 is 1.81 bits per heavy atom. The van der Waals surface area contributed by atoms with Gasteiger partial charge in [-0.1, -0.05) is 41.4 Å². The molecule has 0 saturated carbocycles. The van der Waals surface area contributed by atoms with E-state index in [0.29, 0.717) is 23.0 Å². The van der Waals surface area contributed by atoms with Gasteiger partial charge in [0.2, 0.25) is 0 Å². The highest BCUT2D eigenvalue weighted by atomic mass is 35.5. The summed E-state index contributed by atoms with van der Waals surface area (Å²) in [6, 6.07) is 13.9. The first-order chi connectivity index (χ1) is 12.5. The van der Waals surface area contributed by atoms with Crippen molar-refractivity contribution in [2.24, 2.45) is 0 Å². The maximum Gasteiger partial charge on any atom is 0.265 e. The van der Waals surface area contributed by atoms with Crippen molar-refractivity contribution < 1.29 is 4.79 Å². The first-order valence-electron chi connectivity index (χ1n) is 8.51. The van der Waals surface area contributed by atoms with E-state index >= 15 is 0 Å². The molecule has 0 aliphatic carbocycles. The molecule has 0 unspecified atom stereocenters. The van der Waals surface area contributed by atoms with Crippen LogP contribution in [0.1, 0.15) is 15.2 Å². The second-order valence-electron chi connectivity index (χ2n) is 6.50. The first-order valence-corrected chi connectivity index (χ1v) is 10.1. The van der Waals surface area contributed by atoms with Gasteiger partial charge in [0.25, 0.3) is 5.91 Å². The number of nitrogens with zero attached hydrogens (tertiary/aromatic N) is 2. The number of aryl methyl sites for hydroxylation is 1. The number of amides is 1. The third-order valence-corrected chi connectivity index (χ3v) is 6.60. The van der Waals surface area contributed by atoms with E-state index in [4.69, 9.17) is 23.2 Å². The van der Waals surface area contributed by atoms with Gasteiger partial charge in [-0.2, -0.15) is 0 Å². The molecule has 1 aromatic heterocycles. The van der Waals surface area contributed by atoms with Crippen molar-refractivity contribution in [3.63, 3.8) is 0 Å². The maximum absolute atomic E-state index is 13.0. The molecule has 2 aromatic carbocycles. The summed E-state index contributed by atoms with van der Waals surface area (Å²) in [4.78, 5) is 17.8. The zero-order valence-electron chi connectivity index (χ0n) is 14.3. The van der Waals surface area contributed by atoms with Gasteiger partial charge < -0.3 is 9.80 Å². The van der Waals surface area contributed by atoms with Crippen LogP contribution in [0.25, 0.3) is 10.1 Å². The van der Waals surface area contributed by atoms with E-state index in [-0.39, 0.29) is 5.91 Å². The van der Waals surface area contributed by atoms with Crippen LogP contribution in [0, 0.1) is 6.92 Å². The molecular formula is C20H18Cl2N2OS. The van der Waals surface area contributed by atoms with Gasteiger partial charge in [0.05, 0.1) is 5.02 Å². The van der Waals surface area contributed by atoms with Crippen molar-refractivity contribution in [1.82, 2.24) is 4.90 Å². The van der Waals surface area contributed by atoms with Crippen LogP contribution in [0.2, 0.25) is 10.0 Å². The summed E-state index contributed by atoms with van der Waals surface area (Å²) in [6.45, 7) is 4.97. The number of carbonyl (C=O) groups is 1. The van der Waals surface area contributed by atoms with Crippen molar-refractivity contribution in [1.29, 1.82) is 0 Å². The Kier molecular flexibility index (Phi) is 4.82. The Balaban J connectivity index is 1.51. The maximum atomic E-state index is 13.0. The van der Waals surface area contributed by atoms with Gasteiger partial charge in [-0.05, 0) is 36.8 Å². The molecule has 3 nitrogen and oxygen atoms in total. The summed E-state index contributed by atoms with van der Waals surface area (Å²) < 4.78 is 1.07. The fraction of sp³-hybridized carbons (Fsp3) is 0.250. The Morgan fingerprint density at radius 1 is 1.04 bits per heavy atom. The second kappa shape index (κ2) is 7.10. The van der Waals surface area contributed by atoms with E-state index in [1.807, 2.05) is 42.2 Å². The second-order valence-corrected chi connectivity index (χ2v) is 8.37. The minimum atomic E-state index is 0.0274. The van der Waals surface area contributed by atoms with Crippen molar-refractivity contribution in [3.8, 4) is 0 Å². The van der Waals surface area contributed by atoms with Crippen LogP contribution in [0.3, 0.4) is 0 Å². The number of rotatable bonds is 2. The monoisotopic (exact) mass is 404 g/mol. The lowest BCUT2D eigenvalue weighted by Crippen LogP contribution is -2.48. The van der Waals surface area contributed by atoms with E-state index in [9.17, 15) is 4.79 Å². The first kappa shape index (κ1) is 17.7. The molecule has 1 fully saturated rings. The van der Waals surface area contributed by atoms with Crippen molar-refractivity contribution in [2.45, 2.75) is 6.92 Å². The summed E-state index contributed by atoms with van der Waals surface area (Å²) in [5.74, 6) is 0.0274.